The van der Waals surface area contributed by atoms with Crippen molar-refractivity contribution in [1.82, 2.24) is 4.98 Å². The van der Waals surface area contributed by atoms with Crippen LogP contribution in [-0.4, -0.2) is 31.0 Å². The Labute approximate surface area is 162 Å². The van der Waals surface area contributed by atoms with Gasteiger partial charge < -0.3 is 20.1 Å². The molecule has 0 aliphatic heterocycles. The lowest BCUT2D eigenvalue weighted by Gasteiger charge is -2.13. The second-order valence-electron chi connectivity index (χ2n) is 5.77. The molecule has 1 aromatic heterocycles. The minimum atomic E-state index is -0.384. The molecule has 2 aromatic carbocycles. The van der Waals surface area contributed by atoms with Crippen LogP contribution >= 0.6 is 0 Å². The van der Waals surface area contributed by atoms with E-state index in [1.54, 1.807) is 60.8 Å². The maximum Gasteiger partial charge on any atom is 0.263 e. The van der Waals surface area contributed by atoms with Crippen molar-refractivity contribution in [2.75, 3.05) is 24.9 Å². The number of carbonyl (C=O) groups excluding carboxylic acids is 2. The van der Waals surface area contributed by atoms with Gasteiger partial charge in [0.2, 0.25) is 0 Å². The van der Waals surface area contributed by atoms with E-state index in [4.69, 9.17) is 9.47 Å². The van der Waals surface area contributed by atoms with Gasteiger partial charge in [-0.3, -0.25) is 14.6 Å². The van der Waals surface area contributed by atoms with E-state index in [2.05, 4.69) is 15.6 Å². The van der Waals surface area contributed by atoms with E-state index in [-0.39, 0.29) is 17.4 Å². The van der Waals surface area contributed by atoms with E-state index in [1.807, 2.05) is 0 Å². The van der Waals surface area contributed by atoms with Crippen LogP contribution in [0, 0.1) is 0 Å². The number of aromatic nitrogens is 1. The molecule has 0 bridgehead atoms. The molecule has 2 N–H and O–H groups in total. The monoisotopic (exact) mass is 377 g/mol. The highest BCUT2D eigenvalue weighted by molar-refractivity contribution is 6.09. The summed E-state index contributed by atoms with van der Waals surface area (Å²) in [6.45, 7) is 0. The van der Waals surface area contributed by atoms with Crippen LogP contribution in [0.5, 0.6) is 11.5 Å². The number of ether oxygens (including phenoxy) is 2. The molecular formula is C21H19N3O4. The van der Waals surface area contributed by atoms with Crippen LogP contribution in [0.15, 0.2) is 67.0 Å². The fraction of sp³-hybridized carbons (Fsp3) is 0.0952. The van der Waals surface area contributed by atoms with Crippen LogP contribution in [-0.2, 0) is 0 Å². The molecule has 0 aliphatic carbocycles. The summed E-state index contributed by atoms with van der Waals surface area (Å²) >= 11 is 0. The predicted molar refractivity (Wildman–Crippen MR) is 106 cm³/mol. The fourth-order valence-electron chi connectivity index (χ4n) is 2.64. The molecule has 28 heavy (non-hydrogen) atoms. The van der Waals surface area contributed by atoms with Gasteiger partial charge in [0.05, 0.1) is 19.8 Å². The minimum Gasteiger partial charge on any atom is -0.496 e. The number of rotatable bonds is 6. The maximum atomic E-state index is 12.8. The van der Waals surface area contributed by atoms with Gasteiger partial charge in [-0.1, -0.05) is 12.1 Å². The molecule has 0 unspecified atom stereocenters. The zero-order chi connectivity index (χ0) is 19.9. The smallest absolute Gasteiger partial charge is 0.263 e. The average molecular weight is 377 g/mol. The molecule has 0 atom stereocenters. The molecule has 0 radical (unpaired) electrons. The third-order valence-electron chi connectivity index (χ3n) is 3.96. The Balaban J connectivity index is 1.78. The Morgan fingerprint density at radius 1 is 0.821 bits per heavy atom. The Kier molecular flexibility index (Phi) is 5.86. The summed E-state index contributed by atoms with van der Waals surface area (Å²) < 4.78 is 10.5. The number of nitrogens with zero attached hydrogens (tertiary/aromatic N) is 1. The number of nitrogens with one attached hydrogen (secondary N) is 2. The highest BCUT2D eigenvalue weighted by Crippen LogP contribution is 2.29. The van der Waals surface area contributed by atoms with E-state index >= 15 is 0 Å². The molecule has 7 heteroatoms. The van der Waals surface area contributed by atoms with Gasteiger partial charge in [-0.05, 0) is 42.5 Å². The van der Waals surface area contributed by atoms with Crippen LogP contribution in [0.25, 0.3) is 0 Å². The summed E-state index contributed by atoms with van der Waals surface area (Å²) in [5, 5.41) is 5.58. The Bertz CT molecular complexity index is 968. The highest BCUT2D eigenvalue weighted by Gasteiger charge is 2.18. The van der Waals surface area contributed by atoms with Crippen LogP contribution in [0.4, 0.5) is 11.4 Å². The first-order valence-electron chi connectivity index (χ1n) is 8.46. The molecule has 2 amide bonds. The SMILES string of the molecule is COc1cccc(OC)c1C(=O)Nc1cccc(NC(=O)c2cccnc2)c1. The van der Waals surface area contributed by atoms with Crippen LogP contribution in [0.3, 0.4) is 0 Å². The maximum absolute atomic E-state index is 12.8. The van der Waals surface area contributed by atoms with Crippen molar-refractivity contribution in [3.8, 4) is 11.5 Å². The Morgan fingerprint density at radius 3 is 2.00 bits per heavy atom. The summed E-state index contributed by atoms with van der Waals surface area (Å²) in [5.41, 5.74) is 1.79. The Hall–Kier alpha value is -3.87. The van der Waals surface area contributed by atoms with E-state index in [9.17, 15) is 9.59 Å². The Morgan fingerprint density at radius 2 is 1.43 bits per heavy atom. The van der Waals surface area contributed by atoms with Gasteiger partial charge in [-0.15, -0.1) is 0 Å². The van der Waals surface area contributed by atoms with Gasteiger partial charge in [-0.2, -0.15) is 0 Å². The molecule has 3 rings (SSSR count). The van der Waals surface area contributed by atoms with Crippen LogP contribution in [0.1, 0.15) is 20.7 Å². The van der Waals surface area contributed by atoms with Crippen molar-refractivity contribution in [3.05, 3.63) is 78.1 Å². The molecule has 7 nitrogen and oxygen atoms in total. The third-order valence-corrected chi connectivity index (χ3v) is 3.96. The molecule has 0 fully saturated rings. The van der Waals surface area contributed by atoms with Crippen molar-refractivity contribution in [2.45, 2.75) is 0 Å². The molecule has 1 heterocycles. The molecule has 0 spiro atoms. The molecule has 3 aromatic rings. The van der Waals surface area contributed by atoms with Gasteiger partial charge in [0.25, 0.3) is 11.8 Å². The second-order valence-corrected chi connectivity index (χ2v) is 5.77. The molecule has 142 valence electrons. The third kappa shape index (κ3) is 4.27. The largest absolute Gasteiger partial charge is 0.496 e. The number of benzene rings is 2. The topological polar surface area (TPSA) is 89.5 Å². The second kappa shape index (κ2) is 8.68. The standard InChI is InChI=1S/C21H19N3O4/c1-27-17-9-4-10-18(28-2)19(17)21(26)24-16-8-3-7-15(12-16)23-20(25)14-6-5-11-22-13-14/h3-13H,1-2H3,(H,23,25)(H,24,26). The number of methoxy groups -OCH3 is 2. The lowest BCUT2D eigenvalue weighted by atomic mass is 10.1. The number of amides is 2. The van der Waals surface area contributed by atoms with Gasteiger partial charge in [0.1, 0.15) is 17.1 Å². The van der Waals surface area contributed by atoms with Crippen molar-refractivity contribution in [1.29, 1.82) is 0 Å². The fourth-order valence-corrected chi connectivity index (χ4v) is 2.64. The lowest BCUT2D eigenvalue weighted by molar-refractivity contribution is 0.101. The van der Waals surface area contributed by atoms with Crippen molar-refractivity contribution >= 4 is 23.2 Å². The first-order valence-corrected chi connectivity index (χ1v) is 8.46. The molecule has 0 saturated heterocycles. The number of pyridine rings is 1. The summed E-state index contributed by atoms with van der Waals surface area (Å²) in [6.07, 6.45) is 3.08. The van der Waals surface area contributed by atoms with Crippen molar-refractivity contribution < 1.29 is 19.1 Å². The summed E-state index contributed by atoms with van der Waals surface area (Å²) in [7, 11) is 2.97. The lowest BCUT2D eigenvalue weighted by Crippen LogP contribution is -2.15. The summed E-state index contributed by atoms with van der Waals surface area (Å²) in [5.74, 6) is 0.129. The summed E-state index contributed by atoms with van der Waals surface area (Å²) in [4.78, 5) is 29.0. The van der Waals surface area contributed by atoms with E-state index in [1.165, 1.54) is 20.4 Å². The van der Waals surface area contributed by atoms with Gasteiger partial charge in [0, 0.05) is 23.8 Å². The van der Waals surface area contributed by atoms with Crippen molar-refractivity contribution in [3.63, 3.8) is 0 Å². The average Bonchev–Trinajstić information content (AvgIpc) is 2.73. The van der Waals surface area contributed by atoms with Gasteiger partial charge in [-0.25, -0.2) is 0 Å². The minimum absolute atomic E-state index is 0.289. The number of anilines is 2. The van der Waals surface area contributed by atoms with E-state index in [0.717, 1.165) is 0 Å². The first kappa shape index (κ1) is 18.9. The molecular weight excluding hydrogens is 358 g/mol. The van der Waals surface area contributed by atoms with Gasteiger partial charge in [0.15, 0.2) is 0 Å². The number of hydrogen-bond acceptors (Lipinski definition) is 5. The zero-order valence-corrected chi connectivity index (χ0v) is 15.4. The quantitative estimate of drug-likeness (QED) is 0.685. The van der Waals surface area contributed by atoms with E-state index < -0.39 is 0 Å². The van der Waals surface area contributed by atoms with Crippen LogP contribution < -0.4 is 20.1 Å². The van der Waals surface area contributed by atoms with Crippen molar-refractivity contribution in [2.24, 2.45) is 0 Å². The van der Waals surface area contributed by atoms with E-state index in [0.29, 0.717) is 28.4 Å². The first-order chi connectivity index (χ1) is 13.6. The van der Waals surface area contributed by atoms with Gasteiger partial charge >= 0.3 is 0 Å². The normalized spacial score (nSPS) is 10.1. The molecule has 0 saturated carbocycles. The number of hydrogen-bond donors (Lipinski definition) is 2. The predicted octanol–water partition coefficient (Wildman–Crippen LogP) is 3.60. The highest BCUT2D eigenvalue weighted by atomic mass is 16.5. The zero-order valence-electron chi connectivity index (χ0n) is 15.4. The number of carbonyl (C=O) groups is 2. The van der Waals surface area contributed by atoms with Crippen LogP contribution in [0.2, 0.25) is 0 Å². The molecule has 0 aliphatic rings. The summed E-state index contributed by atoms with van der Waals surface area (Å²) in [6, 6.07) is 15.3.